The molecular weight excluding hydrogens is 178 g/mol. The zero-order valence-corrected chi connectivity index (χ0v) is 9.11. The van der Waals surface area contributed by atoms with Crippen LogP contribution in [0.2, 0.25) is 0 Å². The molecule has 1 aromatic heterocycles. The third-order valence-corrected chi connectivity index (χ3v) is 2.81. The number of rotatable bonds is 1. The zero-order valence-electron chi connectivity index (χ0n) is 8.29. The highest BCUT2D eigenvalue weighted by Crippen LogP contribution is 2.28. The molecule has 0 fully saturated rings. The summed E-state index contributed by atoms with van der Waals surface area (Å²) in [6.45, 7) is 4.00. The van der Waals surface area contributed by atoms with Crippen LogP contribution in [-0.4, -0.2) is 7.05 Å². The summed E-state index contributed by atoms with van der Waals surface area (Å²) in [6, 6.07) is 10.6. The molecule has 0 bridgehead atoms. The minimum atomic E-state index is 1.23. The van der Waals surface area contributed by atoms with Crippen LogP contribution >= 0.6 is 11.3 Å². The Balaban J connectivity index is 0.000000396. The molecule has 0 saturated carbocycles. The monoisotopic (exact) mass is 193 g/mol. The van der Waals surface area contributed by atoms with Gasteiger partial charge in [-0.1, -0.05) is 32.0 Å². The molecule has 1 nitrogen and oxygen atoms in total. The van der Waals surface area contributed by atoms with Gasteiger partial charge in [0.2, 0.25) is 0 Å². The van der Waals surface area contributed by atoms with E-state index in [1.54, 1.807) is 11.3 Å². The van der Waals surface area contributed by atoms with Crippen LogP contribution in [0.5, 0.6) is 0 Å². The first-order chi connectivity index (χ1) is 6.40. The fraction of sp³-hybridized carbons (Fsp3) is 0.273. The smallest absolute Gasteiger partial charge is 0.0892 e. The Morgan fingerprint density at radius 2 is 1.85 bits per heavy atom. The fourth-order valence-corrected chi connectivity index (χ4v) is 2.02. The molecule has 2 heteroatoms. The predicted octanol–water partition coefficient (Wildman–Crippen LogP) is 3.97. The molecule has 1 aromatic carbocycles. The number of fused-ring (bicyclic) bond motifs is 1. The average Bonchev–Trinajstić information content (AvgIpc) is 2.63. The van der Waals surface area contributed by atoms with Gasteiger partial charge in [0, 0.05) is 11.7 Å². The normalized spacial score (nSPS) is 9.15. The molecule has 0 amide bonds. The Morgan fingerprint density at radius 3 is 2.46 bits per heavy atom. The molecule has 13 heavy (non-hydrogen) atoms. The van der Waals surface area contributed by atoms with Crippen molar-refractivity contribution in [1.29, 1.82) is 0 Å². The highest BCUT2D eigenvalue weighted by molar-refractivity contribution is 7.22. The summed E-state index contributed by atoms with van der Waals surface area (Å²) in [7, 11) is 1.95. The van der Waals surface area contributed by atoms with Crippen LogP contribution in [0.3, 0.4) is 0 Å². The van der Waals surface area contributed by atoms with Crippen molar-refractivity contribution in [2.75, 3.05) is 12.4 Å². The van der Waals surface area contributed by atoms with E-state index in [2.05, 4.69) is 35.6 Å². The average molecular weight is 193 g/mol. The lowest BCUT2D eigenvalue weighted by Gasteiger charge is -1.86. The van der Waals surface area contributed by atoms with Gasteiger partial charge in [-0.05, 0) is 17.5 Å². The Kier molecular flexibility index (Phi) is 3.77. The number of benzene rings is 1. The molecule has 0 atom stereocenters. The molecule has 0 aliphatic carbocycles. The fourth-order valence-electron chi connectivity index (χ4n) is 1.11. The van der Waals surface area contributed by atoms with Crippen molar-refractivity contribution in [1.82, 2.24) is 0 Å². The number of anilines is 1. The molecule has 70 valence electrons. The topological polar surface area (TPSA) is 12.0 Å². The van der Waals surface area contributed by atoms with Gasteiger partial charge in [-0.25, -0.2) is 0 Å². The molecule has 1 N–H and O–H groups in total. The highest BCUT2D eigenvalue weighted by atomic mass is 32.1. The maximum absolute atomic E-state index is 3.13. The summed E-state index contributed by atoms with van der Waals surface area (Å²) in [5, 5.41) is 5.68. The Morgan fingerprint density at radius 1 is 1.15 bits per heavy atom. The first kappa shape index (κ1) is 10.1. The number of hydrogen-bond acceptors (Lipinski definition) is 2. The van der Waals surface area contributed by atoms with Gasteiger partial charge in [0.05, 0.1) is 5.00 Å². The molecule has 1 heterocycles. The highest BCUT2D eigenvalue weighted by Gasteiger charge is 1.96. The number of hydrogen-bond donors (Lipinski definition) is 1. The lowest BCUT2D eigenvalue weighted by Crippen LogP contribution is -1.79. The molecule has 2 rings (SSSR count). The van der Waals surface area contributed by atoms with Gasteiger partial charge >= 0.3 is 0 Å². The Bertz CT molecular complexity index is 332. The zero-order chi connectivity index (χ0) is 9.68. The lowest BCUT2D eigenvalue weighted by molar-refractivity contribution is 1.50. The van der Waals surface area contributed by atoms with Crippen LogP contribution in [0.1, 0.15) is 13.8 Å². The van der Waals surface area contributed by atoms with E-state index in [9.17, 15) is 0 Å². The summed E-state index contributed by atoms with van der Waals surface area (Å²) in [4.78, 5) is 0. The third kappa shape index (κ3) is 2.22. The van der Waals surface area contributed by atoms with Crippen LogP contribution in [0.4, 0.5) is 5.00 Å². The first-order valence-electron chi connectivity index (χ1n) is 4.56. The summed E-state index contributed by atoms with van der Waals surface area (Å²) >= 11 is 1.79. The van der Waals surface area contributed by atoms with Crippen LogP contribution < -0.4 is 5.32 Å². The molecule has 0 unspecified atom stereocenters. The Hall–Kier alpha value is -1.02. The minimum absolute atomic E-state index is 1.23. The van der Waals surface area contributed by atoms with Gasteiger partial charge in [0.15, 0.2) is 0 Å². The second-order valence-corrected chi connectivity index (χ2v) is 3.48. The summed E-state index contributed by atoms with van der Waals surface area (Å²) < 4.78 is 1.34. The molecule has 0 spiro atoms. The van der Waals surface area contributed by atoms with Crippen molar-refractivity contribution < 1.29 is 0 Å². The Labute approximate surface area is 83.4 Å². The van der Waals surface area contributed by atoms with E-state index in [-0.39, 0.29) is 0 Å². The molecule has 0 saturated heterocycles. The minimum Gasteiger partial charge on any atom is -0.380 e. The van der Waals surface area contributed by atoms with E-state index in [4.69, 9.17) is 0 Å². The molecular formula is C11H15NS. The van der Waals surface area contributed by atoms with E-state index in [0.717, 1.165) is 0 Å². The van der Waals surface area contributed by atoms with Crippen molar-refractivity contribution in [2.24, 2.45) is 0 Å². The molecule has 2 aromatic rings. The van der Waals surface area contributed by atoms with Crippen molar-refractivity contribution in [3.8, 4) is 0 Å². The van der Waals surface area contributed by atoms with Crippen molar-refractivity contribution in [3.63, 3.8) is 0 Å². The SMILES string of the molecule is CC.CNc1cc2ccccc2s1. The van der Waals surface area contributed by atoms with Crippen LogP contribution in [0.25, 0.3) is 10.1 Å². The van der Waals surface area contributed by atoms with Gasteiger partial charge in [0.1, 0.15) is 0 Å². The van der Waals surface area contributed by atoms with Gasteiger partial charge in [0.25, 0.3) is 0 Å². The largest absolute Gasteiger partial charge is 0.380 e. The predicted molar refractivity (Wildman–Crippen MR) is 62.7 cm³/mol. The van der Waals surface area contributed by atoms with Crippen LogP contribution in [0, 0.1) is 0 Å². The molecule has 0 aliphatic heterocycles. The van der Waals surface area contributed by atoms with Gasteiger partial charge < -0.3 is 5.32 Å². The number of nitrogens with one attached hydrogen (secondary N) is 1. The molecule has 0 radical (unpaired) electrons. The summed E-state index contributed by atoms with van der Waals surface area (Å²) in [6.07, 6.45) is 0. The number of thiophene rings is 1. The van der Waals surface area contributed by atoms with Crippen molar-refractivity contribution in [3.05, 3.63) is 30.3 Å². The van der Waals surface area contributed by atoms with Crippen molar-refractivity contribution in [2.45, 2.75) is 13.8 Å². The summed E-state index contributed by atoms with van der Waals surface area (Å²) in [5.41, 5.74) is 0. The second-order valence-electron chi connectivity index (χ2n) is 2.40. The van der Waals surface area contributed by atoms with E-state index < -0.39 is 0 Å². The van der Waals surface area contributed by atoms with E-state index >= 15 is 0 Å². The van der Waals surface area contributed by atoms with Crippen molar-refractivity contribution >= 4 is 26.4 Å². The maximum atomic E-state index is 3.13. The maximum Gasteiger partial charge on any atom is 0.0892 e. The van der Waals surface area contributed by atoms with E-state index in [0.29, 0.717) is 0 Å². The standard InChI is InChI=1S/C9H9NS.C2H6/c1-10-9-6-7-4-2-3-5-8(7)11-9;1-2/h2-6,10H,1H3;1-2H3. The summed E-state index contributed by atoms with van der Waals surface area (Å²) in [5.74, 6) is 0. The van der Waals surface area contributed by atoms with E-state index in [1.165, 1.54) is 15.1 Å². The van der Waals surface area contributed by atoms with Gasteiger partial charge in [-0.3, -0.25) is 0 Å². The second kappa shape index (κ2) is 4.87. The van der Waals surface area contributed by atoms with Crippen LogP contribution in [0.15, 0.2) is 30.3 Å². The third-order valence-electron chi connectivity index (χ3n) is 1.67. The first-order valence-corrected chi connectivity index (χ1v) is 5.38. The van der Waals surface area contributed by atoms with Gasteiger partial charge in [-0.15, -0.1) is 11.3 Å². The lowest BCUT2D eigenvalue weighted by atomic mass is 10.3. The van der Waals surface area contributed by atoms with E-state index in [1.807, 2.05) is 20.9 Å². The quantitative estimate of drug-likeness (QED) is 0.722. The molecule has 0 aliphatic rings. The van der Waals surface area contributed by atoms with Crippen LogP contribution in [-0.2, 0) is 0 Å². The van der Waals surface area contributed by atoms with Gasteiger partial charge in [-0.2, -0.15) is 0 Å².